The Labute approximate surface area is 165 Å². The average molecular weight is 392 g/mol. The quantitative estimate of drug-likeness (QED) is 0.440. The Balaban J connectivity index is 1.66. The van der Waals surface area contributed by atoms with E-state index in [1.54, 1.807) is 59.9 Å². The lowest BCUT2D eigenvalue weighted by atomic mass is 9.90. The second kappa shape index (κ2) is 7.52. The van der Waals surface area contributed by atoms with E-state index in [4.69, 9.17) is 0 Å². The van der Waals surface area contributed by atoms with Gasteiger partial charge in [-0.2, -0.15) is 0 Å². The van der Waals surface area contributed by atoms with Crippen LogP contribution >= 0.6 is 11.3 Å². The highest BCUT2D eigenvalue weighted by atomic mass is 32.1. The molecule has 0 spiro atoms. The van der Waals surface area contributed by atoms with Gasteiger partial charge in [-0.1, -0.05) is 48.5 Å². The van der Waals surface area contributed by atoms with Crippen molar-refractivity contribution >= 4 is 43.3 Å². The second-order valence-electron chi connectivity index (χ2n) is 6.71. The summed E-state index contributed by atoms with van der Waals surface area (Å²) >= 11 is 1.60. The van der Waals surface area contributed by atoms with E-state index in [0.717, 1.165) is 20.2 Å². The van der Waals surface area contributed by atoms with Crippen LogP contribution in [0, 0.1) is 5.92 Å². The molecule has 3 nitrogen and oxygen atoms in total. The highest BCUT2D eigenvalue weighted by molar-refractivity contribution is 7.25. The lowest BCUT2D eigenvalue weighted by Gasteiger charge is -2.16. The first kappa shape index (κ1) is 18.3. The largest absolute Gasteiger partial charge is 0.481 e. The van der Waals surface area contributed by atoms with Gasteiger partial charge in [0, 0.05) is 25.7 Å². The lowest BCUT2D eigenvalue weighted by Crippen LogP contribution is -2.33. The third-order valence-electron chi connectivity index (χ3n) is 4.88. The number of carboxylic acids is 1. The predicted octanol–water partition coefficient (Wildman–Crippen LogP) is 5.52. The van der Waals surface area contributed by atoms with Crippen molar-refractivity contribution in [2.45, 2.75) is 12.6 Å². The lowest BCUT2D eigenvalue weighted by molar-refractivity contribution is -0.143. The number of alkyl halides is 1. The SMILES string of the molecule is O=C(c1ccc2sc3ccccc3c2c1)C(F)C(Cc1ccccc1)C(=O)O. The van der Waals surface area contributed by atoms with Gasteiger partial charge in [0.15, 0.2) is 12.0 Å². The summed E-state index contributed by atoms with van der Waals surface area (Å²) in [5.41, 5.74) is 0.882. The molecule has 0 saturated carbocycles. The van der Waals surface area contributed by atoms with Crippen molar-refractivity contribution in [1.82, 2.24) is 0 Å². The number of Topliss-reactive ketones (excluding diaryl/α,β-unsaturated/α-hetero) is 1. The van der Waals surface area contributed by atoms with Crippen LogP contribution in [0.3, 0.4) is 0 Å². The van der Waals surface area contributed by atoms with Crippen LogP contribution in [0.2, 0.25) is 0 Å². The number of rotatable bonds is 6. The first-order valence-corrected chi connectivity index (χ1v) is 9.72. The molecule has 4 aromatic rings. The smallest absolute Gasteiger partial charge is 0.310 e. The molecule has 1 aromatic heterocycles. The van der Waals surface area contributed by atoms with E-state index in [1.807, 2.05) is 24.3 Å². The number of carboxylic acid groups (broad SMARTS) is 1. The van der Waals surface area contributed by atoms with Crippen molar-refractivity contribution in [3.05, 3.63) is 83.9 Å². The molecule has 5 heteroatoms. The molecule has 28 heavy (non-hydrogen) atoms. The fourth-order valence-corrected chi connectivity index (χ4v) is 4.49. The van der Waals surface area contributed by atoms with Gasteiger partial charge in [0.05, 0.1) is 5.92 Å². The van der Waals surface area contributed by atoms with Crippen molar-refractivity contribution in [1.29, 1.82) is 0 Å². The zero-order valence-corrected chi connectivity index (χ0v) is 15.7. The summed E-state index contributed by atoms with van der Waals surface area (Å²) in [6.07, 6.45) is -2.15. The molecule has 3 aromatic carbocycles. The maximum Gasteiger partial charge on any atom is 0.310 e. The monoisotopic (exact) mass is 392 g/mol. The summed E-state index contributed by atoms with van der Waals surface area (Å²) in [7, 11) is 0. The Kier molecular flexibility index (Phi) is 4.92. The standard InChI is InChI=1S/C23H17FO3S/c24-21(18(23(26)27)12-14-6-2-1-3-7-14)22(25)15-10-11-20-17(13-15)16-8-4-5-9-19(16)28-20/h1-11,13,18,21H,12H2,(H,26,27). The van der Waals surface area contributed by atoms with E-state index in [9.17, 15) is 19.1 Å². The number of carbonyl (C=O) groups excluding carboxylic acids is 1. The van der Waals surface area contributed by atoms with Crippen LogP contribution in [0.15, 0.2) is 72.8 Å². The van der Waals surface area contributed by atoms with Gasteiger partial charge in [-0.15, -0.1) is 11.3 Å². The van der Waals surface area contributed by atoms with Crippen LogP contribution in [-0.4, -0.2) is 23.0 Å². The van der Waals surface area contributed by atoms with E-state index in [1.165, 1.54) is 0 Å². The normalized spacial score (nSPS) is 13.5. The number of ketones is 1. The van der Waals surface area contributed by atoms with Crippen LogP contribution in [0.4, 0.5) is 4.39 Å². The van der Waals surface area contributed by atoms with Crippen molar-refractivity contribution in [3.8, 4) is 0 Å². The van der Waals surface area contributed by atoms with Gasteiger partial charge >= 0.3 is 5.97 Å². The van der Waals surface area contributed by atoms with Crippen molar-refractivity contribution < 1.29 is 19.1 Å². The fraction of sp³-hybridized carbons (Fsp3) is 0.130. The zero-order valence-electron chi connectivity index (χ0n) is 14.8. The summed E-state index contributed by atoms with van der Waals surface area (Å²) in [6, 6.07) is 21.7. The van der Waals surface area contributed by atoms with E-state index < -0.39 is 23.8 Å². The third-order valence-corrected chi connectivity index (χ3v) is 6.03. The summed E-state index contributed by atoms with van der Waals surface area (Å²) in [4.78, 5) is 24.4. The molecule has 140 valence electrons. The van der Waals surface area contributed by atoms with Gasteiger partial charge in [-0.25, -0.2) is 4.39 Å². The molecule has 2 unspecified atom stereocenters. The van der Waals surface area contributed by atoms with Crippen LogP contribution in [0.25, 0.3) is 20.2 Å². The van der Waals surface area contributed by atoms with Crippen LogP contribution in [0.1, 0.15) is 15.9 Å². The first-order valence-electron chi connectivity index (χ1n) is 8.91. The minimum atomic E-state index is -2.11. The van der Waals surface area contributed by atoms with E-state index in [-0.39, 0.29) is 12.0 Å². The Morgan fingerprint density at radius 2 is 1.57 bits per heavy atom. The van der Waals surface area contributed by atoms with E-state index in [2.05, 4.69) is 0 Å². The van der Waals surface area contributed by atoms with Crippen molar-refractivity contribution in [3.63, 3.8) is 0 Å². The third kappa shape index (κ3) is 3.41. The van der Waals surface area contributed by atoms with E-state index >= 15 is 0 Å². The Hall–Kier alpha value is -3.05. The number of carbonyl (C=O) groups is 2. The molecule has 0 amide bonds. The summed E-state index contributed by atoms with van der Waals surface area (Å²) in [5.74, 6) is -3.53. The topological polar surface area (TPSA) is 54.4 Å². The number of aliphatic carboxylic acids is 1. The maximum atomic E-state index is 15.0. The molecule has 0 aliphatic rings. The Bertz CT molecular complexity index is 1170. The number of fused-ring (bicyclic) bond motifs is 3. The van der Waals surface area contributed by atoms with Crippen LogP contribution in [0.5, 0.6) is 0 Å². The summed E-state index contributed by atoms with van der Waals surface area (Å²) in [5, 5.41) is 11.4. The zero-order chi connectivity index (χ0) is 19.7. The number of thiophene rings is 1. The van der Waals surface area contributed by atoms with Crippen LogP contribution in [-0.2, 0) is 11.2 Å². The number of hydrogen-bond donors (Lipinski definition) is 1. The summed E-state index contributed by atoms with van der Waals surface area (Å²) < 4.78 is 17.1. The minimum absolute atomic E-state index is 0.0350. The van der Waals surface area contributed by atoms with Gasteiger partial charge in [0.1, 0.15) is 0 Å². The second-order valence-corrected chi connectivity index (χ2v) is 7.79. The molecule has 1 N–H and O–H groups in total. The molecule has 1 heterocycles. The van der Waals surface area contributed by atoms with Gasteiger partial charge in [-0.05, 0) is 36.2 Å². The Morgan fingerprint density at radius 3 is 2.32 bits per heavy atom. The van der Waals surface area contributed by atoms with Gasteiger partial charge in [0.2, 0.25) is 0 Å². The molecule has 0 aliphatic heterocycles. The molecular formula is C23H17FO3S. The van der Waals surface area contributed by atoms with Gasteiger partial charge < -0.3 is 5.11 Å². The fourth-order valence-electron chi connectivity index (χ4n) is 3.41. The number of benzene rings is 3. The number of halogens is 1. The van der Waals surface area contributed by atoms with Crippen LogP contribution < -0.4 is 0 Å². The molecule has 0 aliphatic carbocycles. The molecule has 0 fully saturated rings. The first-order chi connectivity index (χ1) is 13.5. The van der Waals surface area contributed by atoms with Crippen molar-refractivity contribution in [2.24, 2.45) is 5.92 Å². The molecule has 4 rings (SSSR count). The molecule has 0 saturated heterocycles. The molecule has 2 atom stereocenters. The van der Waals surface area contributed by atoms with Gasteiger partial charge in [0.25, 0.3) is 0 Å². The van der Waals surface area contributed by atoms with E-state index in [0.29, 0.717) is 5.56 Å². The Morgan fingerprint density at radius 1 is 0.893 bits per heavy atom. The molecular weight excluding hydrogens is 375 g/mol. The molecule has 0 radical (unpaired) electrons. The number of hydrogen-bond acceptors (Lipinski definition) is 3. The van der Waals surface area contributed by atoms with Gasteiger partial charge in [-0.3, -0.25) is 9.59 Å². The van der Waals surface area contributed by atoms with Crippen molar-refractivity contribution in [2.75, 3.05) is 0 Å². The summed E-state index contributed by atoms with van der Waals surface area (Å²) in [6.45, 7) is 0. The highest BCUT2D eigenvalue weighted by Crippen LogP contribution is 2.34. The highest BCUT2D eigenvalue weighted by Gasteiger charge is 2.34. The average Bonchev–Trinajstić information content (AvgIpc) is 3.09. The predicted molar refractivity (Wildman–Crippen MR) is 110 cm³/mol. The minimum Gasteiger partial charge on any atom is -0.481 e. The molecule has 0 bridgehead atoms. The maximum absolute atomic E-state index is 15.0.